The van der Waals surface area contributed by atoms with Crippen molar-refractivity contribution < 1.29 is 9.47 Å². The number of aromatic nitrogens is 2. The molecule has 0 saturated carbocycles. The molecule has 0 aliphatic carbocycles. The minimum absolute atomic E-state index is 0.255. The Morgan fingerprint density at radius 3 is 2.62 bits per heavy atom. The number of anilines is 3. The maximum Gasteiger partial charge on any atom is 0.231 e. The zero-order chi connectivity index (χ0) is 20.1. The summed E-state index contributed by atoms with van der Waals surface area (Å²) in [7, 11) is 4.14. The molecule has 0 atom stereocenters. The summed E-state index contributed by atoms with van der Waals surface area (Å²) < 4.78 is 10.8. The monoisotopic (exact) mass is 391 g/mol. The molecular weight excluding hydrogens is 366 g/mol. The van der Waals surface area contributed by atoms with Gasteiger partial charge >= 0.3 is 0 Å². The zero-order valence-corrected chi connectivity index (χ0v) is 16.7. The Bertz CT molecular complexity index is 963. The third-order valence-electron chi connectivity index (χ3n) is 4.51. The van der Waals surface area contributed by atoms with Gasteiger partial charge in [-0.15, -0.1) is 0 Å². The maximum atomic E-state index is 5.47. The molecule has 2 N–H and O–H groups in total. The molecule has 3 aromatic rings. The number of hydrogen-bond acceptors (Lipinski definition) is 7. The first kappa shape index (κ1) is 19.0. The molecule has 0 bridgehead atoms. The summed E-state index contributed by atoms with van der Waals surface area (Å²) in [5.74, 6) is 2.81. The Morgan fingerprint density at radius 1 is 0.966 bits per heavy atom. The highest BCUT2D eigenvalue weighted by Gasteiger charge is 2.14. The van der Waals surface area contributed by atoms with Crippen molar-refractivity contribution in [3.05, 3.63) is 54.6 Å². The number of fused-ring (bicyclic) bond motifs is 1. The van der Waals surface area contributed by atoms with E-state index in [-0.39, 0.29) is 6.79 Å². The van der Waals surface area contributed by atoms with Crippen molar-refractivity contribution in [2.24, 2.45) is 0 Å². The summed E-state index contributed by atoms with van der Waals surface area (Å²) in [5.41, 5.74) is 2.78. The molecular formula is C22H25N5O2. The van der Waals surface area contributed by atoms with Gasteiger partial charge in [0.25, 0.3) is 0 Å². The van der Waals surface area contributed by atoms with Crippen LogP contribution >= 0.6 is 0 Å². The number of hydrogen-bond donors (Lipinski definition) is 2. The highest BCUT2D eigenvalue weighted by Crippen LogP contribution is 2.35. The minimum atomic E-state index is 0.255. The first-order valence-corrected chi connectivity index (χ1v) is 9.67. The molecule has 0 fully saturated rings. The Labute approximate surface area is 170 Å². The van der Waals surface area contributed by atoms with Gasteiger partial charge in [0.05, 0.1) is 5.69 Å². The van der Waals surface area contributed by atoms with Crippen LogP contribution in [0.1, 0.15) is 6.42 Å². The molecule has 7 nitrogen and oxygen atoms in total. The summed E-state index contributed by atoms with van der Waals surface area (Å²) in [6.45, 7) is 2.07. The summed E-state index contributed by atoms with van der Waals surface area (Å²) >= 11 is 0. The number of nitrogens with zero attached hydrogens (tertiary/aromatic N) is 3. The minimum Gasteiger partial charge on any atom is -0.454 e. The van der Waals surface area contributed by atoms with Crippen LogP contribution in [0.25, 0.3) is 11.3 Å². The Balaban J connectivity index is 1.57. The first-order chi connectivity index (χ1) is 14.2. The van der Waals surface area contributed by atoms with Crippen LogP contribution in [0, 0.1) is 0 Å². The lowest BCUT2D eigenvalue weighted by molar-refractivity contribution is 0.174. The van der Waals surface area contributed by atoms with Crippen LogP contribution in [0.3, 0.4) is 0 Å². The Hall–Kier alpha value is -3.32. The summed E-state index contributed by atoms with van der Waals surface area (Å²) in [6.07, 6.45) is 1.01. The summed E-state index contributed by atoms with van der Waals surface area (Å²) in [5, 5.41) is 6.70. The molecule has 29 heavy (non-hydrogen) atoms. The highest BCUT2D eigenvalue weighted by molar-refractivity contribution is 5.68. The second-order valence-electron chi connectivity index (χ2n) is 7.10. The van der Waals surface area contributed by atoms with E-state index in [0.29, 0.717) is 11.8 Å². The molecule has 1 aliphatic heterocycles. The average Bonchev–Trinajstić information content (AvgIpc) is 3.19. The van der Waals surface area contributed by atoms with Crippen LogP contribution in [0.2, 0.25) is 0 Å². The first-order valence-electron chi connectivity index (χ1n) is 9.67. The predicted molar refractivity (Wildman–Crippen MR) is 115 cm³/mol. The van der Waals surface area contributed by atoms with E-state index < -0.39 is 0 Å². The highest BCUT2D eigenvalue weighted by atomic mass is 16.7. The standard InChI is InChI=1S/C22H25N5O2/c1-27(2)12-6-11-23-22-25-18(16-7-4-3-5-8-16)14-21(26-22)24-17-9-10-19-20(13-17)29-15-28-19/h3-5,7-10,13-14H,6,11-12,15H2,1-2H3,(H2,23,24,25,26). The van der Waals surface area contributed by atoms with Crippen LogP contribution < -0.4 is 20.1 Å². The number of ether oxygens (including phenoxy) is 2. The van der Waals surface area contributed by atoms with Crippen molar-refractivity contribution >= 4 is 17.5 Å². The fraction of sp³-hybridized carbons (Fsp3) is 0.273. The molecule has 150 valence electrons. The molecule has 0 saturated heterocycles. The van der Waals surface area contributed by atoms with Crippen LogP contribution in [0.5, 0.6) is 11.5 Å². The van der Waals surface area contributed by atoms with Gasteiger partial charge in [-0.05, 0) is 39.2 Å². The van der Waals surface area contributed by atoms with Gasteiger partial charge in [0.2, 0.25) is 12.7 Å². The van der Waals surface area contributed by atoms with Crippen molar-refractivity contribution in [2.45, 2.75) is 6.42 Å². The molecule has 1 aromatic heterocycles. The SMILES string of the molecule is CN(C)CCCNc1nc(Nc2ccc3c(c2)OCO3)cc(-c2ccccc2)n1. The van der Waals surface area contributed by atoms with Gasteiger partial charge in [-0.3, -0.25) is 0 Å². The topological polar surface area (TPSA) is 71.5 Å². The van der Waals surface area contributed by atoms with Crippen LogP contribution in [-0.4, -0.2) is 48.8 Å². The fourth-order valence-electron chi connectivity index (χ4n) is 3.06. The van der Waals surface area contributed by atoms with Gasteiger partial charge < -0.3 is 25.0 Å². The molecule has 1 aliphatic rings. The quantitative estimate of drug-likeness (QED) is 0.563. The largest absolute Gasteiger partial charge is 0.454 e. The van der Waals surface area contributed by atoms with Gasteiger partial charge in [0, 0.05) is 29.9 Å². The van der Waals surface area contributed by atoms with E-state index in [4.69, 9.17) is 14.5 Å². The Morgan fingerprint density at radius 2 is 1.79 bits per heavy atom. The molecule has 0 amide bonds. The third-order valence-corrected chi connectivity index (χ3v) is 4.51. The smallest absolute Gasteiger partial charge is 0.231 e. The lowest BCUT2D eigenvalue weighted by Crippen LogP contribution is -2.17. The van der Waals surface area contributed by atoms with E-state index in [1.54, 1.807) is 0 Å². The van der Waals surface area contributed by atoms with Crippen molar-refractivity contribution in [3.63, 3.8) is 0 Å². The van der Waals surface area contributed by atoms with E-state index in [1.165, 1.54) is 0 Å². The number of benzene rings is 2. The molecule has 4 rings (SSSR count). The fourth-order valence-corrected chi connectivity index (χ4v) is 3.06. The number of rotatable bonds is 8. The van der Waals surface area contributed by atoms with E-state index >= 15 is 0 Å². The average molecular weight is 391 g/mol. The molecule has 2 aromatic carbocycles. The lowest BCUT2D eigenvalue weighted by atomic mass is 10.1. The second-order valence-corrected chi connectivity index (χ2v) is 7.10. The molecule has 7 heteroatoms. The maximum absolute atomic E-state index is 5.47. The van der Waals surface area contributed by atoms with Crippen LogP contribution in [0.15, 0.2) is 54.6 Å². The molecule has 0 radical (unpaired) electrons. The van der Waals surface area contributed by atoms with E-state index in [2.05, 4.69) is 34.6 Å². The van der Waals surface area contributed by atoms with Crippen molar-refractivity contribution in [1.29, 1.82) is 0 Å². The molecule has 0 unspecified atom stereocenters. The van der Waals surface area contributed by atoms with Gasteiger partial charge in [-0.25, -0.2) is 4.98 Å². The molecule has 0 spiro atoms. The zero-order valence-electron chi connectivity index (χ0n) is 16.7. The molecule has 2 heterocycles. The van der Waals surface area contributed by atoms with Crippen molar-refractivity contribution in [2.75, 3.05) is 44.6 Å². The second kappa shape index (κ2) is 8.79. The van der Waals surface area contributed by atoms with E-state index in [0.717, 1.165) is 48.0 Å². The summed E-state index contributed by atoms with van der Waals surface area (Å²) in [4.78, 5) is 11.5. The van der Waals surface area contributed by atoms with Gasteiger partial charge in [0.15, 0.2) is 11.5 Å². The normalized spacial score (nSPS) is 12.2. The predicted octanol–water partition coefficient (Wildman–Crippen LogP) is 3.98. The van der Waals surface area contributed by atoms with E-state index in [9.17, 15) is 0 Å². The number of nitrogens with one attached hydrogen (secondary N) is 2. The third kappa shape index (κ3) is 4.94. The van der Waals surface area contributed by atoms with Gasteiger partial charge in [-0.2, -0.15) is 4.98 Å². The van der Waals surface area contributed by atoms with Crippen LogP contribution in [0.4, 0.5) is 17.5 Å². The summed E-state index contributed by atoms with van der Waals surface area (Å²) in [6, 6.07) is 17.8. The van der Waals surface area contributed by atoms with Crippen molar-refractivity contribution in [1.82, 2.24) is 14.9 Å². The van der Waals surface area contributed by atoms with Crippen molar-refractivity contribution in [3.8, 4) is 22.8 Å². The lowest BCUT2D eigenvalue weighted by Gasteiger charge is -2.13. The van der Waals surface area contributed by atoms with Gasteiger partial charge in [-0.1, -0.05) is 30.3 Å². The van der Waals surface area contributed by atoms with E-state index in [1.807, 2.05) is 54.6 Å². The van der Waals surface area contributed by atoms with Crippen LogP contribution in [-0.2, 0) is 0 Å². The van der Waals surface area contributed by atoms with Gasteiger partial charge in [0.1, 0.15) is 5.82 Å². The Kier molecular flexibility index (Phi) is 5.76.